The molecule has 1 aromatic carbocycles. The van der Waals surface area contributed by atoms with Gasteiger partial charge < -0.3 is 5.32 Å². The highest BCUT2D eigenvalue weighted by atomic mass is 79.9. The monoisotopic (exact) mass is 350 g/mol. The van der Waals surface area contributed by atoms with Crippen LogP contribution in [0, 0.1) is 0 Å². The molecule has 1 aliphatic heterocycles. The zero-order chi connectivity index (χ0) is 15.1. The summed E-state index contributed by atoms with van der Waals surface area (Å²) in [6, 6.07) is 2.59. The van der Waals surface area contributed by atoms with Crippen molar-refractivity contribution in [2.45, 2.75) is 19.1 Å². The van der Waals surface area contributed by atoms with Crippen molar-refractivity contribution in [1.29, 1.82) is 0 Å². The molecule has 2 amide bonds. The second-order valence-electron chi connectivity index (χ2n) is 4.32. The number of benzene rings is 1. The van der Waals surface area contributed by atoms with E-state index in [4.69, 9.17) is 0 Å². The Balaban J connectivity index is 2.47. The van der Waals surface area contributed by atoms with E-state index in [1.54, 1.807) is 0 Å². The minimum absolute atomic E-state index is 0.0490. The van der Waals surface area contributed by atoms with Crippen molar-refractivity contribution in [2.75, 3.05) is 11.4 Å². The second-order valence-corrected chi connectivity index (χ2v) is 5.17. The molecule has 0 spiro atoms. The highest BCUT2D eigenvalue weighted by Crippen LogP contribution is 2.37. The van der Waals surface area contributed by atoms with Crippen LogP contribution in [0.3, 0.4) is 0 Å². The van der Waals surface area contributed by atoms with Gasteiger partial charge in [-0.05, 0) is 25.1 Å². The number of anilines is 1. The van der Waals surface area contributed by atoms with E-state index in [-0.39, 0.29) is 16.7 Å². The number of hydrogen-bond acceptors (Lipinski definition) is 2. The Labute approximate surface area is 121 Å². The predicted molar refractivity (Wildman–Crippen MR) is 69.1 cm³/mol. The first-order valence-corrected chi connectivity index (χ1v) is 6.47. The van der Waals surface area contributed by atoms with Gasteiger partial charge >= 0.3 is 6.18 Å². The maximum atomic E-state index is 12.9. The van der Waals surface area contributed by atoms with Crippen LogP contribution in [0.5, 0.6) is 0 Å². The summed E-state index contributed by atoms with van der Waals surface area (Å²) in [5, 5.41) is 2.38. The fourth-order valence-electron chi connectivity index (χ4n) is 1.98. The van der Waals surface area contributed by atoms with E-state index in [0.29, 0.717) is 0 Å². The summed E-state index contributed by atoms with van der Waals surface area (Å²) < 4.78 is 38.4. The van der Waals surface area contributed by atoms with Crippen molar-refractivity contribution in [1.82, 2.24) is 5.32 Å². The largest absolute Gasteiger partial charge is 0.417 e. The van der Waals surface area contributed by atoms with Gasteiger partial charge in [0.15, 0.2) is 0 Å². The fraction of sp³-hybridized carbons (Fsp3) is 0.333. The van der Waals surface area contributed by atoms with Gasteiger partial charge in [0.05, 0.1) is 12.1 Å². The van der Waals surface area contributed by atoms with Gasteiger partial charge in [-0.15, -0.1) is 0 Å². The zero-order valence-electron chi connectivity index (χ0n) is 10.3. The van der Waals surface area contributed by atoms with Crippen LogP contribution in [0.1, 0.15) is 12.5 Å². The Morgan fingerprint density at radius 1 is 1.35 bits per heavy atom. The van der Waals surface area contributed by atoms with Gasteiger partial charge in [0.1, 0.15) is 6.04 Å². The lowest BCUT2D eigenvalue weighted by molar-refractivity contribution is -0.138. The fourth-order valence-corrected chi connectivity index (χ4v) is 2.45. The summed E-state index contributed by atoms with van der Waals surface area (Å²) in [6.45, 7) is 1.24. The van der Waals surface area contributed by atoms with Crippen molar-refractivity contribution in [3.8, 4) is 0 Å². The molecule has 0 bridgehead atoms. The number of alkyl halides is 3. The molecule has 1 unspecified atom stereocenters. The van der Waals surface area contributed by atoms with Gasteiger partial charge in [0.2, 0.25) is 11.8 Å². The molecule has 2 rings (SSSR count). The number of carbonyl (C=O) groups excluding carboxylic acids is 2. The Morgan fingerprint density at radius 3 is 2.60 bits per heavy atom. The van der Waals surface area contributed by atoms with Gasteiger partial charge in [0.25, 0.3) is 0 Å². The highest BCUT2D eigenvalue weighted by molar-refractivity contribution is 9.10. The molecule has 0 aliphatic carbocycles. The number of carbonyl (C=O) groups is 2. The second kappa shape index (κ2) is 5.08. The number of amides is 2. The van der Waals surface area contributed by atoms with Crippen LogP contribution in [0.2, 0.25) is 0 Å². The van der Waals surface area contributed by atoms with Crippen LogP contribution in [-0.4, -0.2) is 24.4 Å². The molecule has 1 atom stereocenters. The molecule has 0 aromatic heterocycles. The quantitative estimate of drug-likeness (QED) is 0.844. The van der Waals surface area contributed by atoms with Crippen LogP contribution in [0.25, 0.3) is 0 Å². The van der Waals surface area contributed by atoms with E-state index in [0.717, 1.165) is 11.0 Å². The zero-order valence-corrected chi connectivity index (χ0v) is 11.9. The summed E-state index contributed by atoms with van der Waals surface area (Å²) in [6.07, 6.45) is -4.54. The van der Waals surface area contributed by atoms with Gasteiger partial charge in [-0.2, -0.15) is 13.2 Å². The van der Waals surface area contributed by atoms with Gasteiger partial charge in [-0.3, -0.25) is 14.5 Å². The first kappa shape index (κ1) is 14.8. The molecule has 0 radical (unpaired) electrons. The third-order valence-electron chi connectivity index (χ3n) is 2.98. The molecule has 1 aromatic rings. The predicted octanol–water partition coefficient (Wildman–Crippen LogP) is 2.32. The number of rotatable bonds is 1. The lowest BCUT2D eigenvalue weighted by atomic mass is 10.1. The summed E-state index contributed by atoms with van der Waals surface area (Å²) in [5.74, 6) is -0.853. The summed E-state index contributed by atoms with van der Waals surface area (Å²) in [5.41, 5.74) is -0.839. The third kappa shape index (κ3) is 2.65. The Morgan fingerprint density at radius 2 is 2.00 bits per heavy atom. The molecule has 20 heavy (non-hydrogen) atoms. The average Bonchev–Trinajstić information content (AvgIpc) is 2.35. The first-order chi connectivity index (χ1) is 9.21. The van der Waals surface area contributed by atoms with E-state index < -0.39 is 29.6 Å². The summed E-state index contributed by atoms with van der Waals surface area (Å²) in [7, 11) is 0. The Bertz CT molecular complexity index is 574. The molecule has 1 aliphatic rings. The molecule has 1 heterocycles. The number of nitrogens with zero attached hydrogens (tertiary/aromatic N) is 1. The number of halogens is 4. The van der Waals surface area contributed by atoms with Crippen LogP contribution in [0.15, 0.2) is 22.7 Å². The molecule has 1 saturated heterocycles. The molecule has 108 valence electrons. The summed E-state index contributed by atoms with van der Waals surface area (Å²) in [4.78, 5) is 24.4. The van der Waals surface area contributed by atoms with E-state index in [9.17, 15) is 22.8 Å². The van der Waals surface area contributed by atoms with Crippen molar-refractivity contribution >= 4 is 33.4 Å². The smallest absolute Gasteiger partial charge is 0.345 e. The maximum absolute atomic E-state index is 12.9. The summed E-state index contributed by atoms with van der Waals surface area (Å²) >= 11 is 2.83. The average molecular weight is 351 g/mol. The van der Waals surface area contributed by atoms with Crippen LogP contribution >= 0.6 is 15.9 Å². The molecule has 8 heteroatoms. The van der Waals surface area contributed by atoms with Crippen molar-refractivity contribution in [3.63, 3.8) is 0 Å². The minimum Gasteiger partial charge on any atom is -0.345 e. The normalized spacial score (nSPS) is 20.1. The lowest BCUT2D eigenvalue weighted by Crippen LogP contribution is -2.57. The van der Waals surface area contributed by atoms with Crippen LogP contribution in [-0.2, 0) is 15.8 Å². The van der Waals surface area contributed by atoms with Crippen molar-refractivity contribution in [2.24, 2.45) is 0 Å². The molecular weight excluding hydrogens is 341 g/mol. The van der Waals surface area contributed by atoms with Crippen molar-refractivity contribution in [3.05, 3.63) is 28.2 Å². The van der Waals surface area contributed by atoms with Crippen molar-refractivity contribution < 1.29 is 22.8 Å². The Hall–Kier alpha value is -1.57. The number of hydrogen-bond donors (Lipinski definition) is 1. The third-order valence-corrected chi connectivity index (χ3v) is 3.67. The van der Waals surface area contributed by atoms with E-state index in [2.05, 4.69) is 21.2 Å². The molecular formula is C12H10BrF3N2O2. The van der Waals surface area contributed by atoms with Gasteiger partial charge in [-0.1, -0.05) is 15.9 Å². The van der Waals surface area contributed by atoms with Crippen LogP contribution < -0.4 is 10.2 Å². The lowest BCUT2D eigenvalue weighted by Gasteiger charge is -2.33. The number of nitrogens with one attached hydrogen (secondary N) is 1. The first-order valence-electron chi connectivity index (χ1n) is 5.68. The standard InChI is InChI=1S/C12H10BrF3N2O2/c1-6-11(20)17-5-10(19)18(6)7-2-3-9(13)8(4-7)12(14,15)16/h2-4,6H,5H2,1H3,(H,17,20). The van der Waals surface area contributed by atoms with E-state index >= 15 is 0 Å². The minimum atomic E-state index is -4.54. The molecule has 1 N–H and O–H groups in total. The maximum Gasteiger partial charge on any atom is 0.417 e. The molecule has 0 saturated carbocycles. The van der Waals surface area contributed by atoms with E-state index in [1.807, 2.05) is 0 Å². The van der Waals surface area contributed by atoms with E-state index in [1.165, 1.54) is 19.1 Å². The molecule has 4 nitrogen and oxygen atoms in total. The highest BCUT2D eigenvalue weighted by Gasteiger charge is 2.36. The SMILES string of the molecule is CC1C(=O)NCC(=O)N1c1ccc(Br)c(C(F)(F)F)c1. The topological polar surface area (TPSA) is 49.4 Å². The van der Waals surface area contributed by atoms with Gasteiger partial charge in [0, 0.05) is 10.2 Å². The van der Waals surface area contributed by atoms with Crippen LogP contribution in [0.4, 0.5) is 18.9 Å². The Kier molecular flexibility index (Phi) is 3.77. The molecule has 1 fully saturated rings. The number of piperazine rings is 1. The van der Waals surface area contributed by atoms with Gasteiger partial charge in [-0.25, -0.2) is 0 Å².